The zero-order valence-corrected chi connectivity index (χ0v) is 10.9. The first-order chi connectivity index (χ1) is 7.30. The van der Waals surface area contributed by atoms with Crippen molar-refractivity contribution in [3.63, 3.8) is 0 Å². The summed E-state index contributed by atoms with van der Waals surface area (Å²) in [4.78, 5) is 0. The summed E-state index contributed by atoms with van der Waals surface area (Å²) in [5, 5.41) is 0. The van der Waals surface area contributed by atoms with Crippen LogP contribution in [0.2, 0.25) is 0 Å². The molecule has 1 aromatic carbocycles. The third kappa shape index (κ3) is 3.53. The molecular weight excluding hydrogens is 198 g/mol. The zero-order valence-electron chi connectivity index (χ0n) is 10.9. The Hall–Kier alpha value is -1.02. The van der Waals surface area contributed by atoms with E-state index < -0.39 is 0 Å². The van der Waals surface area contributed by atoms with Gasteiger partial charge < -0.3 is 10.5 Å². The maximum atomic E-state index is 5.79. The highest BCUT2D eigenvalue weighted by atomic mass is 16.5. The summed E-state index contributed by atoms with van der Waals surface area (Å²) in [6, 6.07) is 8.28. The second kappa shape index (κ2) is 4.88. The van der Waals surface area contributed by atoms with Gasteiger partial charge in [-0.15, -0.1) is 0 Å². The van der Waals surface area contributed by atoms with Crippen LogP contribution in [0.3, 0.4) is 0 Å². The molecule has 2 heteroatoms. The van der Waals surface area contributed by atoms with Crippen LogP contribution in [0, 0.1) is 0 Å². The van der Waals surface area contributed by atoms with Crippen molar-refractivity contribution in [3.8, 4) is 5.75 Å². The highest BCUT2D eigenvalue weighted by Crippen LogP contribution is 2.26. The number of rotatable bonds is 3. The molecule has 0 spiro atoms. The van der Waals surface area contributed by atoms with Gasteiger partial charge in [0.1, 0.15) is 11.9 Å². The number of nitrogens with two attached hydrogens (primary N) is 1. The first-order valence-electron chi connectivity index (χ1n) is 5.83. The molecule has 0 aliphatic carbocycles. The summed E-state index contributed by atoms with van der Waals surface area (Å²) >= 11 is 0. The van der Waals surface area contributed by atoms with Gasteiger partial charge in [-0.3, -0.25) is 0 Å². The summed E-state index contributed by atoms with van der Waals surface area (Å²) in [7, 11) is 0. The Morgan fingerprint density at radius 1 is 1.19 bits per heavy atom. The Kier molecular flexibility index (Phi) is 3.98. The minimum Gasteiger partial charge on any atom is -0.489 e. The van der Waals surface area contributed by atoms with Crippen LogP contribution in [0.5, 0.6) is 5.75 Å². The summed E-state index contributed by atoms with van der Waals surface area (Å²) in [6.07, 6.45) is 0.0372. The van der Waals surface area contributed by atoms with Crippen molar-refractivity contribution < 1.29 is 4.74 Å². The Bertz CT molecular complexity index is 339. The van der Waals surface area contributed by atoms with E-state index in [1.54, 1.807) is 0 Å². The van der Waals surface area contributed by atoms with Gasteiger partial charge in [0.25, 0.3) is 0 Å². The van der Waals surface area contributed by atoms with Crippen molar-refractivity contribution in [1.29, 1.82) is 0 Å². The Labute approximate surface area is 98.8 Å². The van der Waals surface area contributed by atoms with Crippen molar-refractivity contribution in [2.75, 3.05) is 0 Å². The molecule has 90 valence electrons. The highest BCUT2D eigenvalue weighted by Gasteiger charge is 2.15. The van der Waals surface area contributed by atoms with Crippen LogP contribution in [0.15, 0.2) is 24.3 Å². The van der Waals surface area contributed by atoms with Crippen LogP contribution in [0.4, 0.5) is 0 Å². The van der Waals surface area contributed by atoms with E-state index in [1.807, 2.05) is 26.0 Å². The molecule has 0 bridgehead atoms. The van der Waals surface area contributed by atoms with Gasteiger partial charge in [-0.2, -0.15) is 0 Å². The maximum Gasteiger partial charge on any atom is 0.120 e. The Morgan fingerprint density at radius 2 is 1.81 bits per heavy atom. The van der Waals surface area contributed by atoms with Crippen LogP contribution in [-0.4, -0.2) is 12.1 Å². The lowest BCUT2D eigenvalue weighted by molar-refractivity contribution is 0.196. The molecule has 2 N–H and O–H groups in total. The van der Waals surface area contributed by atoms with Gasteiger partial charge in [-0.1, -0.05) is 32.9 Å². The fraction of sp³-hybridized carbons (Fsp3) is 0.571. The number of hydrogen-bond donors (Lipinski definition) is 1. The van der Waals surface area contributed by atoms with E-state index in [0.29, 0.717) is 0 Å². The van der Waals surface area contributed by atoms with Gasteiger partial charge in [0.05, 0.1) is 0 Å². The lowest BCUT2D eigenvalue weighted by Gasteiger charge is -2.22. The molecule has 0 aromatic heterocycles. The molecule has 1 aromatic rings. The van der Waals surface area contributed by atoms with Crippen molar-refractivity contribution >= 4 is 0 Å². The minimum atomic E-state index is 0.0372. The molecule has 16 heavy (non-hydrogen) atoms. The van der Waals surface area contributed by atoms with E-state index in [1.165, 1.54) is 5.56 Å². The summed E-state index contributed by atoms with van der Waals surface area (Å²) in [6.45, 7) is 10.5. The molecule has 2 nitrogen and oxygen atoms in total. The normalized spacial score (nSPS) is 15.6. The van der Waals surface area contributed by atoms with Gasteiger partial charge in [0, 0.05) is 6.04 Å². The number of ether oxygens (including phenoxy) is 1. The second-order valence-corrected chi connectivity index (χ2v) is 5.46. The molecule has 1 rings (SSSR count). The third-order valence-corrected chi connectivity index (χ3v) is 2.76. The van der Waals surface area contributed by atoms with Crippen molar-refractivity contribution in [1.82, 2.24) is 0 Å². The van der Waals surface area contributed by atoms with Crippen LogP contribution in [0.25, 0.3) is 0 Å². The van der Waals surface area contributed by atoms with E-state index in [4.69, 9.17) is 10.5 Å². The Balaban J connectivity index is 2.83. The molecule has 0 radical (unpaired) electrons. The molecule has 2 atom stereocenters. The number of hydrogen-bond acceptors (Lipinski definition) is 2. The highest BCUT2D eigenvalue weighted by molar-refractivity contribution is 5.32. The van der Waals surface area contributed by atoms with Crippen LogP contribution >= 0.6 is 0 Å². The predicted octanol–water partition coefficient (Wildman–Crippen LogP) is 3.10. The van der Waals surface area contributed by atoms with Gasteiger partial charge in [0.2, 0.25) is 0 Å². The molecule has 0 aliphatic rings. The molecule has 0 amide bonds. The van der Waals surface area contributed by atoms with Gasteiger partial charge in [0.15, 0.2) is 0 Å². The molecule has 0 saturated heterocycles. The van der Waals surface area contributed by atoms with Crippen LogP contribution < -0.4 is 10.5 Å². The lowest BCUT2D eigenvalue weighted by Crippen LogP contribution is -2.33. The first-order valence-corrected chi connectivity index (χ1v) is 5.83. The smallest absolute Gasteiger partial charge is 0.120 e. The van der Waals surface area contributed by atoms with Crippen molar-refractivity contribution in [2.45, 2.75) is 52.2 Å². The topological polar surface area (TPSA) is 35.2 Å². The van der Waals surface area contributed by atoms with E-state index >= 15 is 0 Å². The van der Waals surface area contributed by atoms with E-state index in [-0.39, 0.29) is 17.6 Å². The quantitative estimate of drug-likeness (QED) is 0.851. The molecule has 0 fully saturated rings. The first kappa shape index (κ1) is 13.0. The standard InChI is InChI=1S/C14H23NO/c1-10(15)11(2)16-13-8-6-7-12(9-13)14(3,4)5/h6-11H,15H2,1-5H3. The van der Waals surface area contributed by atoms with Gasteiger partial charge in [-0.25, -0.2) is 0 Å². The molecule has 0 aliphatic heterocycles. The third-order valence-electron chi connectivity index (χ3n) is 2.76. The van der Waals surface area contributed by atoms with E-state index in [2.05, 4.69) is 32.9 Å². The SMILES string of the molecule is CC(N)C(C)Oc1cccc(C(C)(C)C)c1. The molecule has 0 heterocycles. The van der Waals surface area contributed by atoms with E-state index in [0.717, 1.165) is 5.75 Å². The van der Waals surface area contributed by atoms with Crippen LogP contribution in [0.1, 0.15) is 40.2 Å². The average Bonchev–Trinajstić information content (AvgIpc) is 2.16. The monoisotopic (exact) mass is 221 g/mol. The van der Waals surface area contributed by atoms with Crippen LogP contribution in [-0.2, 0) is 5.41 Å². The fourth-order valence-electron chi connectivity index (χ4n) is 1.36. The summed E-state index contributed by atoms with van der Waals surface area (Å²) in [5.74, 6) is 0.900. The molecular formula is C14H23NO. The largest absolute Gasteiger partial charge is 0.489 e. The average molecular weight is 221 g/mol. The van der Waals surface area contributed by atoms with E-state index in [9.17, 15) is 0 Å². The maximum absolute atomic E-state index is 5.79. The fourth-order valence-corrected chi connectivity index (χ4v) is 1.36. The lowest BCUT2D eigenvalue weighted by atomic mass is 9.87. The van der Waals surface area contributed by atoms with Crippen molar-refractivity contribution in [2.24, 2.45) is 5.73 Å². The molecule has 2 unspecified atom stereocenters. The van der Waals surface area contributed by atoms with Gasteiger partial charge >= 0.3 is 0 Å². The zero-order chi connectivity index (χ0) is 12.3. The minimum absolute atomic E-state index is 0.0372. The second-order valence-electron chi connectivity index (χ2n) is 5.46. The summed E-state index contributed by atoms with van der Waals surface area (Å²) in [5.41, 5.74) is 7.21. The van der Waals surface area contributed by atoms with Crippen molar-refractivity contribution in [3.05, 3.63) is 29.8 Å². The number of benzene rings is 1. The molecule has 0 saturated carbocycles. The Morgan fingerprint density at radius 3 is 2.31 bits per heavy atom. The summed E-state index contributed by atoms with van der Waals surface area (Å²) < 4.78 is 5.79. The predicted molar refractivity (Wildman–Crippen MR) is 68.9 cm³/mol. The van der Waals surface area contributed by atoms with Gasteiger partial charge in [-0.05, 0) is 37.0 Å².